The standard InChI is InChI=1S/CH4O.Pt.Ru/c1-2;;/h2H,1H3;;. The molecule has 0 atom stereocenters. The molecule has 0 fully saturated rings. The van der Waals surface area contributed by atoms with Gasteiger partial charge in [-0.25, -0.2) is 0 Å². The van der Waals surface area contributed by atoms with Gasteiger partial charge in [-0.3, -0.25) is 0 Å². The Morgan fingerprint density at radius 3 is 1.25 bits per heavy atom. The average molecular weight is 328 g/mol. The predicted octanol–water partition coefficient (Wildman–Crippen LogP) is -0.397. The fourth-order valence-corrected chi connectivity index (χ4v) is 0. The van der Waals surface area contributed by atoms with Gasteiger partial charge >= 0.3 is 0 Å². The zero-order valence-corrected chi connectivity index (χ0v) is 6.13. The fourth-order valence-electron chi connectivity index (χ4n) is 0. The Bertz CT molecular complexity index is 8.00. The van der Waals surface area contributed by atoms with E-state index in [1.165, 1.54) is 0 Å². The Labute approximate surface area is 52.8 Å². The molecule has 0 aliphatic carbocycles. The van der Waals surface area contributed by atoms with Gasteiger partial charge in [0.25, 0.3) is 0 Å². The molecule has 3 heteroatoms. The molecular formula is CH4OPtRu. The third kappa shape index (κ3) is 10.4. The summed E-state index contributed by atoms with van der Waals surface area (Å²) < 4.78 is 0. The van der Waals surface area contributed by atoms with E-state index in [0.717, 1.165) is 7.11 Å². The van der Waals surface area contributed by atoms with Crippen molar-refractivity contribution < 1.29 is 45.6 Å². The van der Waals surface area contributed by atoms with Gasteiger partial charge in [0, 0.05) is 47.7 Å². The fraction of sp³-hybridized carbons (Fsp3) is 1.00. The second-order valence-electron chi connectivity index (χ2n) is 0. The van der Waals surface area contributed by atoms with E-state index in [9.17, 15) is 0 Å². The Hall–Kier alpha value is 1.27. The van der Waals surface area contributed by atoms with Gasteiger partial charge in [-0.1, -0.05) is 0 Å². The number of hydrogen-bond donors (Lipinski definition) is 1. The molecule has 0 aliphatic heterocycles. The van der Waals surface area contributed by atoms with Gasteiger partial charge in [0.2, 0.25) is 0 Å². The molecule has 0 aromatic rings. The van der Waals surface area contributed by atoms with Crippen molar-refractivity contribution in [2.24, 2.45) is 0 Å². The maximum Gasteiger partial charge on any atom is 0.0319 e. The van der Waals surface area contributed by atoms with Crippen LogP contribution in [0.2, 0.25) is 0 Å². The Morgan fingerprint density at radius 2 is 1.25 bits per heavy atom. The van der Waals surface area contributed by atoms with Crippen molar-refractivity contribution in [1.29, 1.82) is 0 Å². The van der Waals surface area contributed by atoms with Crippen LogP contribution in [-0.2, 0) is 40.5 Å². The first kappa shape index (κ1) is 18.6. The van der Waals surface area contributed by atoms with Crippen LogP contribution in [0.3, 0.4) is 0 Å². The molecule has 0 spiro atoms. The van der Waals surface area contributed by atoms with Gasteiger partial charge in [-0.2, -0.15) is 0 Å². The van der Waals surface area contributed by atoms with E-state index >= 15 is 0 Å². The summed E-state index contributed by atoms with van der Waals surface area (Å²) in [6.45, 7) is 0. The number of hydrogen-bond acceptors (Lipinski definition) is 1. The van der Waals surface area contributed by atoms with Crippen LogP contribution in [0.4, 0.5) is 0 Å². The number of aliphatic hydroxyl groups excluding tert-OH is 1. The quantitative estimate of drug-likeness (QED) is 0.600. The Kier molecular flexibility index (Phi) is 132. The minimum absolute atomic E-state index is 0. The monoisotopic (exact) mass is 329 g/mol. The minimum Gasteiger partial charge on any atom is -0.400 e. The smallest absolute Gasteiger partial charge is 0.0319 e. The molecule has 0 aromatic carbocycles. The maximum absolute atomic E-state index is 7.00. The van der Waals surface area contributed by atoms with E-state index in [-0.39, 0.29) is 40.5 Å². The van der Waals surface area contributed by atoms with Crippen molar-refractivity contribution in [2.45, 2.75) is 0 Å². The summed E-state index contributed by atoms with van der Waals surface area (Å²) in [7, 11) is 1.00. The molecule has 0 heterocycles. The summed E-state index contributed by atoms with van der Waals surface area (Å²) in [6, 6.07) is 0. The Balaban J connectivity index is -0.00000000500. The largest absolute Gasteiger partial charge is 0.400 e. The topological polar surface area (TPSA) is 20.2 Å². The molecule has 0 saturated carbocycles. The van der Waals surface area contributed by atoms with Crippen LogP contribution in [0.15, 0.2) is 0 Å². The summed E-state index contributed by atoms with van der Waals surface area (Å²) in [4.78, 5) is 0. The van der Waals surface area contributed by atoms with Gasteiger partial charge in [0.15, 0.2) is 0 Å². The van der Waals surface area contributed by atoms with Gasteiger partial charge in [-0.15, -0.1) is 0 Å². The molecule has 32 valence electrons. The van der Waals surface area contributed by atoms with Crippen molar-refractivity contribution in [3.63, 3.8) is 0 Å². The molecule has 0 unspecified atom stereocenters. The average Bonchev–Trinajstić information content (AvgIpc) is 1.00. The zero-order chi connectivity index (χ0) is 2.00. The molecular weight excluding hydrogens is 324 g/mol. The molecule has 0 radical (unpaired) electrons. The molecule has 0 aliphatic rings. The summed E-state index contributed by atoms with van der Waals surface area (Å²) in [5.74, 6) is 0. The Morgan fingerprint density at radius 1 is 1.25 bits per heavy atom. The predicted molar refractivity (Wildman–Crippen MR) is 8.14 cm³/mol. The molecule has 0 bridgehead atoms. The molecule has 0 aromatic heterocycles. The molecule has 0 rings (SSSR count). The summed E-state index contributed by atoms with van der Waals surface area (Å²) in [5.41, 5.74) is 0. The molecule has 0 saturated heterocycles. The van der Waals surface area contributed by atoms with Crippen LogP contribution in [0, 0.1) is 0 Å². The van der Waals surface area contributed by atoms with E-state index in [0.29, 0.717) is 0 Å². The van der Waals surface area contributed by atoms with E-state index in [4.69, 9.17) is 5.11 Å². The second-order valence-corrected chi connectivity index (χ2v) is 0. The molecule has 0 amide bonds. The normalized spacial score (nSPS) is 1.50. The van der Waals surface area contributed by atoms with Crippen molar-refractivity contribution in [3.05, 3.63) is 0 Å². The van der Waals surface area contributed by atoms with Gasteiger partial charge in [-0.05, 0) is 0 Å². The van der Waals surface area contributed by atoms with Crippen molar-refractivity contribution in [1.82, 2.24) is 0 Å². The minimum atomic E-state index is 0. The third-order valence-corrected chi connectivity index (χ3v) is 0. The second kappa shape index (κ2) is 28.3. The van der Waals surface area contributed by atoms with Gasteiger partial charge in [0.1, 0.15) is 0 Å². The van der Waals surface area contributed by atoms with Gasteiger partial charge in [0.05, 0.1) is 0 Å². The third-order valence-electron chi connectivity index (χ3n) is 0. The van der Waals surface area contributed by atoms with Crippen LogP contribution in [0.25, 0.3) is 0 Å². The van der Waals surface area contributed by atoms with Crippen LogP contribution in [0.1, 0.15) is 0 Å². The number of aliphatic hydroxyl groups is 1. The number of rotatable bonds is 0. The molecule has 1 N–H and O–H groups in total. The van der Waals surface area contributed by atoms with Crippen LogP contribution in [-0.4, -0.2) is 12.2 Å². The maximum atomic E-state index is 7.00. The summed E-state index contributed by atoms with van der Waals surface area (Å²) in [6.07, 6.45) is 0. The first-order valence-electron chi connectivity index (χ1n) is 0.447. The molecule has 4 heavy (non-hydrogen) atoms. The first-order chi connectivity index (χ1) is 1.00. The van der Waals surface area contributed by atoms with E-state index < -0.39 is 0 Å². The van der Waals surface area contributed by atoms with Crippen molar-refractivity contribution in [2.75, 3.05) is 7.11 Å². The van der Waals surface area contributed by atoms with Crippen LogP contribution < -0.4 is 0 Å². The van der Waals surface area contributed by atoms with Crippen molar-refractivity contribution in [3.8, 4) is 0 Å². The van der Waals surface area contributed by atoms with Crippen LogP contribution in [0.5, 0.6) is 0 Å². The van der Waals surface area contributed by atoms with Crippen molar-refractivity contribution >= 4 is 0 Å². The molecule has 1 nitrogen and oxygen atoms in total. The summed E-state index contributed by atoms with van der Waals surface area (Å²) >= 11 is 0. The van der Waals surface area contributed by atoms with E-state index in [1.807, 2.05) is 0 Å². The van der Waals surface area contributed by atoms with Crippen LogP contribution >= 0.6 is 0 Å². The summed E-state index contributed by atoms with van der Waals surface area (Å²) in [5, 5.41) is 7.00. The SMILES string of the molecule is CO.[Pt].[Ru]. The first-order valence-corrected chi connectivity index (χ1v) is 0.447. The zero-order valence-electron chi connectivity index (χ0n) is 2.12. The van der Waals surface area contributed by atoms with E-state index in [2.05, 4.69) is 0 Å². The van der Waals surface area contributed by atoms with Gasteiger partial charge < -0.3 is 5.11 Å². The van der Waals surface area contributed by atoms with E-state index in [1.54, 1.807) is 0 Å².